The quantitative estimate of drug-likeness (QED) is 0.900. The molecule has 2 rings (SSSR count). The van der Waals surface area contributed by atoms with Crippen LogP contribution in [0.4, 0.5) is 0 Å². The SMILES string of the molecule is Cc1ccc(C(C)C)cc1CNC(=O)C1(C#N)CC1. The molecule has 0 saturated heterocycles. The molecule has 1 N–H and O–H groups in total. The summed E-state index contributed by atoms with van der Waals surface area (Å²) < 4.78 is 0. The van der Waals surface area contributed by atoms with Crippen molar-refractivity contribution in [2.45, 2.75) is 46.1 Å². The molecule has 3 heteroatoms. The van der Waals surface area contributed by atoms with Gasteiger partial charge in [-0.1, -0.05) is 32.0 Å². The Morgan fingerprint density at radius 3 is 2.68 bits per heavy atom. The van der Waals surface area contributed by atoms with Crippen molar-refractivity contribution in [1.82, 2.24) is 5.32 Å². The summed E-state index contributed by atoms with van der Waals surface area (Å²) in [4.78, 5) is 11.9. The molecule has 19 heavy (non-hydrogen) atoms. The number of rotatable bonds is 4. The molecule has 1 aromatic carbocycles. The second kappa shape index (κ2) is 5.05. The van der Waals surface area contributed by atoms with Crippen molar-refractivity contribution in [3.63, 3.8) is 0 Å². The van der Waals surface area contributed by atoms with Gasteiger partial charge in [-0.3, -0.25) is 4.79 Å². The molecular formula is C16H20N2O. The maximum Gasteiger partial charge on any atom is 0.240 e. The van der Waals surface area contributed by atoms with E-state index in [4.69, 9.17) is 5.26 Å². The molecule has 1 fully saturated rings. The molecule has 100 valence electrons. The van der Waals surface area contributed by atoms with Gasteiger partial charge in [-0.25, -0.2) is 0 Å². The first-order chi connectivity index (χ1) is 8.98. The molecule has 1 saturated carbocycles. The lowest BCUT2D eigenvalue weighted by Crippen LogP contribution is -2.30. The first-order valence-corrected chi connectivity index (χ1v) is 6.77. The summed E-state index contributed by atoms with van der Waals surface area (Å²) in [6, 6.07) is 8.48. The molecule has 0 aromatic heterocycles. The molecular weight excluding hydrogens is 236 g/mol. The number of nitrogens with zero attached hydrogens (tertiary/aromatic N) is 1. The molecule has 0 bridgehead atoms. The Bertz CT molecular complexity index is 536. The normalized spacial score (nSPS) is 15.9. The Labute approximate surface area is 114 Å². The van der Waals surface area contributed by atoms with Crippen molar-refractivity contribution in [3.8, 4) is 6.07 Å². The fourth-order valence-electron chi connectivity index (χ4n) is 2.10. The maximum absolute atomic E-state index is 11.9. The minimum absolute atomic E-state index is 0.121. The highest BCUT2D eigenvalue weighted by Crippen LogP contribution is 2.45. The van der Waals surface area contributed by atoms with E-state index in [9.17, 15) is 4.79 Å². The van der Waals surface area contributed by atoms with Crippen LogP contribution in [0.1, 0.15) is 49.3 Å². The zero-order valence-electron chi connectivity index (χ0n) is 11.8. The van der Waals surface area contributed by atoms with Gasteiger partial charge in [0.2, 0.25) is 5.91 Å². The highest BCUT2D eigenvalue weighted by Gasteiger charge is 2.50. The van der Waals surface area contributed by atoms with Crippen LogP contribution in [0.2, 0.25) is 0 Å². The highest BCUT2D eigenvalue weighted by atomic mass is 16.2. The first-order valence-electron chi connectivity index (χ1n) is 6.77. The maximum atomic E-state index is 11.9. The third kappa shape index (κ3) is 2.78. The summed E-state index contributed by atoms with van der Waals surface area (Å²) in [6.07, 6.45) is 1.39. The number of hydrogen-bond acceptors (Lipinski definition) is 2. The number of hydrogen-bond donors (Lipinski definition) is 1. The Morgan fingerprint density at radius 2 is 2.16 bits per heavy atom. The zero-order chi connectivity index (χ0) is 14.0. The second-order valence-electron chi connectivity index (χ2n) is 5.72. The van der Waals surface area contributed by atoms with E-state index in [1.54, 1.807) is 0 Å². The number of nitrogens with one attached hydrogen (secondary N) is 1. The van der Waals surface area contributed by atoms with E-state index in [0.29, 0.717) is 25.3 Å². The first kappa shape index (κ1) is 13.6. The minimum atomic E-state index is -0.733. The Hall–Kier alpha value is -1.82. The predicted octanol–water partition coefficient (Wildman–Crippen LogP) is 3.04. The van der Waals surface area contributed by atoms with E-state index in [1.807, 2.05) is 6.92 Å². The van der Waals surface area contributed by atoms with Gasteiger partial charge >= 0.3 is 0 Å². The van der Waals surface area contributed by atoms with E-state index in [2.05, 4.69) is 43.4 Å². The summed E-state index contributed by atoms with van der Waals surface area (Å²) in [5, 5.41) is 11.9. The Morgan fingerprint density at radius 1 is 1.47 bits per heavy atom. The van der Waals surface area contributed by atoms with Gasteiger partial charge < -0.3 is 5.32 Å². The summed E-state index contributed by atoms with van der Waals surface area (Å²) in [5.74, 6) is 0.355. The number of amides is 1. The summed E-state index contributed by atoms with van der Waals surface area (Å²) in [6.45, 7) is 6.86. The lowest BCUT2D eigenvalue weighted by Gasteiger charge is -2.13. The molecule has 0 heterocycles. The standard InChI is InChI=1S/C16H20N2O/c1-11(2)13-5-4-12(3)14(8-13)9-18-15(19)16(10-17)6-7-16/h4-5,8,11H,6-7,9H2,1-3H3,(H,18,19). The molecule has 1 aromatic rings. The van der Waals surface area contributed by atoms with Crippen molar-refractivity contribution in [1.29, 1.82) is 5.26 Å². The zero-order valence-corrected chi connectivity index (χ0v) is 11.8. The second-order valence-corrected chi connectivity index (χ2v) is 5.72. The van der Waals surface area contributed by atoms with Crippen molar-refractivity contribution < 1.29 is 4.79 Å². The topological polar surface area (TPSA) is 52.9 Å². The van der Waals surface area contributed by atoms with Crippen LogP contribution in [0.3, 0.4) is 0 Å². The monoisotopic (exact) mass is 256 g/mol. The van der Waals surface area contributed by atoms with Crippen molar-refractivity contribution in [2.24, 2.45) is 5.41 Å². The van der Waals surface area contributed by atoms with Crippen molar-refractivity contribution >= 4 is 5.91 Å². The molecule has 0 spiro atoms. The Kier molecular flexibility index (Phi) is 3.61. The third-order valence-corrected chi connectivity index (χ3v) is 3.88. The highest BCUT2D eigenvalue weighted by molar-refractivity contribution is 5.88. The molecule has 0 radical (unpaired) electrons. The third-order valence-electron chi connectivity index (χ3n) is 3.88. The molecule has 0 unspecified atom stereocenters. The largest absolute Gasteiger partial charge is 0.351 e. The molecule has 1 amide bonds. The van der Waals surface area contributed by atoms with Crippen molar-refractivity contribution in [3.05, 3.63) is 34.9 Å². The van der Waals surface area contributed by atoms with Crippen LogP contribution in [0, 0.1) is 23.7 Å². The van der Waals surface area contributed by atoms with Crippen molar-refractivity contribution in [2.75, 3.05) is 0 Å². The van der Waals surface area contributed by atoms with Gasteiger partial charge in [-0.05, 0) is 42.4 Å². The average molecular weight is 256 g/mol. The van der Waals surface area contributed by atoms with Crippen LogP contribution in [0.5, 0.6) is 0 Å². The van der Waals surface area contributed by atoms with E-state index >= 15 is 0 Å². The molecule has 1 aliphatic rings. The van der Waals surface area contributed by atoms with Crippen LogP contribution in [0.25, 0.3) is 0 Å². The minimum Gasteiger partial charge on any atom is -0.351 e. The molecule has 3 nitrogen and oxygen atoms in total. The fourth-order valence-corrected chi connectivity index (χ4v) is 2.10. The number of nitriles is 1. The van der Waals surface area contributed by atoms with E-state index in [-0.39, 0.29) is 5.91 Å². The lowest BCUT2D eigenvalue weighted by molar-refractivity contribution is -0.124. The van der Waals surface area contributed by atoms with Gasteiger partial charge in [0.1, 0.15) is 5.41 Å². The Balaban J connectivity index is 2.05. The number of aryl methyl sites for hydroxylation is 1. The van der Waals surface area contributed by atoms with Gasteiger partial charge in [0.15, 0.2) is 0 Å². The summed E-state index contributed by atoms with van der Waals surface area (Å²) >= 11 is 0. The number of carbonyl (C=O) groups is 1. The van der Waals surface area contributed by atoms with E-state index in [0.717, 1.165) is 5.56 Å². The van der Waals surface area contributed by atoms with Crippen LogP contribution < -0.4 is 5.32 Å². The van der Waals surface area contributed by atoms with Gasteiger partial charge in [-0.15, -0.1) is 0 Å². The van der Waals surface area contributed by atoms with E-state index in [1.165, 1.54) is 11.1 Å². The fraction of sp³-hybridized carbons (Fsp3) is 0.500. The molecule has 0 aliphatic heterocycles. The van der Waals surface area contributed by atoms with Crippen LogP contribution in [-0.2, 0) is 11.3 Å². The average Bonchev–Trinajstić information content (AvgIpc) is 3.18. The van der Waals surface area contributed by atoms with Gasteiger partial charge in [-0.2, -0.15) is 5.26 Å². The molecule has 1 aliphatic carbocycles. The summed E-state index contributed by atoms with van der Waals surface area (Å²) in [7, 11) is 0. The van der Waals surface area contributed by atoms with Crippen LogP contribution in [0.15, 0.2) is 18.2 Å². The number of carbonyl (C=O) groups excluding carboxylic acids is 1. The number of benzene rings is 1. The van der Waals surface area contributed by atoms with E-state index < -0.39 is 5.41 Å². The van der Waals surface area contributed by atoms with Crippen LogP contribution in [-0.4, -0.2) is 5.91 Å². The van der Waals surface area contributed by atoms with Gasteiger partial charge in [0, 0.05) is 6.54 Å². The lowest BCUT2D eigenvalue weighted by atomic mass is 9.97. The summed E-state index contributed by atoms with van der Waals surface area (Å²) in [5.41, 5.74) is 2.85. The van der Waals surface area contributed by atoms with Gasteiger partial charge in [0.05, 0.1) is 6.07 Å². The smallest absolute Gasteiger partial charge is 0.240 e. The molecule has 0 atom stereocenters. The van der Waals surface area contributed by atoms with Crippen LogP contribution >= 0.6 is 0 Å². The predicted molar refractivity (Wildman–Crippen MR) is 74.4 cm³/mol. The van der Waals surface area contributed by atoms with Gasteiger partial charge in [0.25, 0.3) is 0 Å².